The van der Waals surface area contributed by atoms with Gasteiger partial charge >= 0.3 is 0 Å². The minimum absolute atomic E-state index is 0.0226. The zero-order chi connectivity index (χ0) is 15.2. The minimum atomic E-state index is 0.0226. The van der Waals surface area contributed by atoms with Crippen LogP contribution in [0.5, 0.6) is 0 Å². The van der Waals surface area contributed by atoms with E-state index in [0.717, 1.165) is 31.2 Å². The molecule has 1 aromatic rings. The molecule has 0 bridgehead atoms. The lowest BCUT2D eigenvalue weighted by Gasteiger charge is -2.21. The topological polar surface area (TPSA) is 41.1 Å². The molecule has 2 rings (SSSR count). The molecule has 6 heteroatoms. The van der Waals surface area contributed by atoms with Gasteiger partial charge in [0.05, 0.1) is 0 Å². The molecule has 1 aliphatic carbocycles. The second-order valence-electron chi connectivity index (χ2n) is 5.24. The average molecular weight is 345 g/mol. The third kappa shape index (κ3) is 5.13. The molecule has 0 radical (unpaired) electrons. The van der Waals surface area contributed by atoms with Crippen LogP contribution in [0.3, 0.4) is 0 Å². The summed E-state index contributed by atoms with van der Waals surface area (Å²) in [5.41, 5.74) is 0.885. The van der Waals surface area contributed by atoms with Crippen molar-refractivity contribution in [3.63, 3.8) is 0 Å². The Kier molecular flexibility index (Phi) is 6.27. The number of hydrogen-bond acceptors (Lipinski definition) is 2. The molecule has 0 aromatic heterocycles. The Balaban J connectivity index is 1.80. The van der Waals surface area contributed by atoms with Gasteiger partial charge in [0.1, 0.15) is 0 Å². The van der Waals surface area contributed by atoms with Gasteiger partial charge in [-0.2, -0.15) is 0 Å². The normalized spacial score (nSPS) is 15.5. The van der Waals surface area contributed by atoms with Crippen LogP contribution in [-0.2, 0) is 11.3 Å². The molecule has 1 aliphatic rings. The summed E-state index contributed by atoms with van der Waals surface area (Å²) >= 11 is 17.1. The Morgan fingerprint density at radius 2 is 1.95 bits per heavy atom. The van der Waals surface area contributed by atoms with Gasteiger partial charge in [0.2, 0.25) is 5.91 Å². The molecule has 0 heterocycles. The zero-order valence-corrected chi connectivity index (χ0v) is 14.0. The van der Waals surface area contributed by atoms with E-state index in [2.05, 4.69) is 10.6 Å². The van der Waals surface area contributed by atoms with Crippen molar-refractivity contribution < 1.29 is 4.79 Å². The van der Waals surface area contributed by atoms with Gasteiger partial charge < -0.3 is 10.6 Å². The summed E-state index contributed by atoms with van der Waals surface area (Å²) in [5, 5.41) is 7.28. The van der Waals surface area contributed by atoms with E-state index >= 15 is 0 Å². The molecule has 21 heavy (non-hydrogen) atoms. The van der Waals surface area contributed by atoms with Crippen LogP contribution in [-0.4, -0.2) is 11.0 Å². The van der Waals surface area contributed by atoms with Gasteiger partial charge in [0.15, 0.2) is 5.11 Å². The lowest BCUT2D eigenvalue weighted by atomic mass is 9.89. The van der Waals surface area contributed by atoms with Gasteiger partial charge in [-0.25, -0.2) is 0 Å². The van der Waals surface area contributed by atoms with Crippen molar-refractivity contribution in [2.75, 3.05) is 0 Å². The maximum Gasteiger partial charge on any atom is 0.229 e. The van der Waals surface area contributed by atoms with Crippen LogP contribution in [0.4, 0.5) is 0 Å². The first kappa shape index (κ1) is 16.5. The van der Waals surface area contributed by atoms with Crippen molar-refractivity contribution in [3.05, 3.63) is 33.8 Å². The molecule has 1 fully saturated rings. The number of halogens is 2. The number of amides is 1. The van der Waals surface area contributed by atoms with Gasteiger partial charge in [-0.05, 0) is 42.8 Å². The van der Waals surface area contributed by atoms with Crippen LogP contribution in [0.15, 0.2) is 18.2 Å². The van der Waals surface area contributed by atoms with Gasteiger partial charge in [0, 0.05) is 22.5 Å². The number of carbonyl (C=O) groups excluding carboxylic acids is 1. The summed E-state index contributed by atoms with van der Waals surface area (Å²) in [5.74, 6) is 0.118. The van der Waals surface area contributed by atoms with E-state index in [1.165, 1.54) is 6.42 Å². The van der Waals surface area contributed by atoms with Gasteiger partial charge in [-0.15, -0.1) is 0 Å². The molecule has 0 saturated heterocycles. The molecule has 114 valence electrons. The first-order valence-electron chi connectivity index (χ1n) is 7.09. The van der Waals surface area contributed by atoms with Crippen molar-refractivity contribution in [3.8, 4) is 0 Å². The molecule has 1 amide bonds. The largest absolute Gasteiger partial charge is 0.358 e. The SMILES string of the molecule is O=C(NC(=S)NCc1ccc(Cl)cc1Cl)C1CCCCC1. The highest BCUT2D eigenvalue weighted by Gasteiger charge is 2.21. The molecule has 0 aliphatic heterocycles. The predicted octanol–water partition coefficient (Wildman–Crippen LogP) is 4.06. The van der Waals surface area contributed by atoms with Crippen LogP contribution < -0.4 is 10.6 Å². The smallest absolute Gasteiger partial charge is 0.229 e. The fraction of sp³-hybridized carbons (Fsp3) is 0.467. The maximum atomic E-state index is 12.0. The zero-order valence-electron chi connectivity index (χ0n) is 11.6. The molecule has 1 saturated carbocycles. The lowest BCUT2D eigenvalue weighted by Crippen LogP contribution is -2.42. The monoisotopic (exact) mass is 344 g/mol. The summed E-state index contributed by atoms with van der Waals surface area (Å²) in [6.45, 7) is 0.458. The molecular formula is C15H18Cl2N2OS. The summed E-state index contributed by atoms with van der Waals surface area (Å²) in [6, 6.07) is 5.29. The first-order chi connectivity index (χ1) is 10.1. The Hall–Kier alpha value is -0.840. The molecule has 2 N–H and O–H groups in total. The summed E-state index contributed by atoms with van der Waals surface area (Å²) < 4.78 is 0. The van der Waals surface area contributed by atoms with E-state index < -0.39 is 0 Å². The van der Waals surface area contributed by atoms with Gasteiger partial charge in [0.25, 0.3) is 0 Å². The fourth-order valence-electron chi connectivity index (χ4n) is 2.46. The lowest BCUT2D eigenvalue weighted by molar-refractivity contribution is -0.124. The van der Waals surface area contributed by atoms with Crippen molar-refractivity contribution >= 4 is 46.4 Å². The van der Waals surface area contributed by atoms with E-state index in [1.807, 2.05) is 6.07 Å². The predicted molar refractivity (Wildman–Crippen MR) is 90.6 cm³/mol. The third-order valence-corrected chi connectivity index (χ3v) is 4.50. The Morgan fingerprint density at radius 3 is 2.62 bits per heavy atom. The van der Waals surface area contributed by atoms with Crippen LogP contribution in [0.25, 0.3) is 0 Å². The number of thiocarbonyl (C=S) groups is 1. The average Bonchev–Trinajstić information content (AvgIpc) is 2.47. The fourth-order valence-corrected chi connectivity index (χ4v) is 3.11. The highest BCUT2D eigenvalue weighted by atomic mass is 35.5. The van der Waals surface area contributed by atoms with Crippen molar-refractivity contribution in [2.45, 2.75) is 38.6 Å². The van der Waals surface area contributed by atoms with Crippen LogP contribution in [0.1, 0.15) is 37.7 Å². The quantitative estimate of drug-likeness (QED) is 0.812. The van der Waals surface area contributed by atoms with Crippen LogP contribution >= 0.6 is 35.4 Å². The number of hydrogen-bond donors (Lipinski definition) is 2. The van der Waals surface area contributed by atoms with Crippen molar-refractivity contribution in [2.24, 2.45) is 5.92 Å². The molecule has 0 unspecified atom stereocenters. The minimum Gasteiger partial charge on any atom is -0.358 e. The standard InChI is InChI=1S/C15H18Cl2N2OS/c16-12-7-6-11(13(17)8-12)9-18-15(21)19-14(20)10-4-2-1-3-5-10/h6-8,10H,1-5,9H2,(H2,18,19,20,21). The van der Waals surface area contributed by atoms with E-state index in [1.54, 1.807) is 12.1 Å². The highest BCUT2D eigenvalue weighted by Crippen LogP contribution is 2.23. The van der Waals surface area contributed by atoms with Crippen molar-refractivity contribution in [1.82, 2.24) is 10.6 Å². The van der Waals surface area contributed by atoms with E-state index in [0.29, 0.717) is 21.7 Å². The summed E-state index contributed by atoms with van der Waals surface area (Å²) in [4.78, 5) is 12.0. The summed E-state index contributed by atoms with van der Waals surface area (Å²) in [7, 11) is 0. The Bertz CT molecular complexity index is 530. The molecular weight excluding hydrogens is 327 g/mol. The molecule has 0 atom stereocenters. The van der Waals surface area contributed by atoms with Gasteiger partial charge in [-0.3, -0.25) is 4.79 Å². The second-order valence-corrected chi connectivity index (χ2v) is 6.49. The van der Waals surface area contributed by atoms with E-state index in [9.17, 15) is 4.79 Å². The molecule has 0 spiro atoms. The van der Waals surface area contributed by atoms with Crippen LogP contribution in [0, 0.1) is 5.92 Å². The maximum absolute atomic E-state index is 12.0. The Labute approximate surface area is 140 Å². The van der Waals surface area contributed by atoms with E-state index in [4.69, 9.17) is 35.4 Å². The van der Waals surface area contributed by atoms with Crippen LogP contribution in [0.2, 0.25) is 10.0 Å². The number of nitrogens with one attached hydrogen (secondary N) is 2. The van der Waals surface area contributed by atoms with Crippen molar-refractivity contribution in [1.29, 1.82) is 0 Å². The highest BCUT2D eigenvalue weighted by molar-refractivity contribution is 7.80. The second kappa shape index (κ2) is 7.97. The van der Waals surface area contributed by atoms with E-state index in [-0.39, 0.29) is 11.8 Å². The van der Waals surface area contributed by atoms with Gasteiger partial charge in [-0.1, -0.05) is 48.5 Å². The number of benzene rings is 1. The first-order valence-corrected chi connectivity index (χ1v) is 8.25. The summed E-state index contributed by atoms with van der Waals surface area (Å²) in [6.07, 6.45) is 5.38. The molecule has 3 nitrogen and oxygen atoms in total. The number of carbonyl (C=O) groups is 1. The third-order valence-electron chi connectivity index (χ3n) is 3.67. The molecule has 1 aromatic carbocycles. The Morgan fingerprint density at radius 1 is 1.24 bits per heavy atom. The number of rotatable bonds is 3.